The number of hydrogen-bond donors (Lipinski definition) is 0. The Labute approximate surface area is 123 Å². The number of alkyl halides is 3. The highest BCUT2D eigenvalue weighted by Crippen LogP contribution is 2.27. The van der Waals surface area contributed by atoms with Crippen molar-refractivity contribution in [3.05, 3.63) is 61.3 Å². The van der Waals surface area contributed by atoms with Crippen LogP contribution < -0.4 is 4.74 Å². The number of aromatic nitrogens is 3. The molecule has 7 heteroatoms. The highest BCUT2D eigenvalue weighted by atomic mass is 19.4. The van der Waals surface area contributed by atoms with Gasteiger partial charge in [0.25, 0.3) is 0 Å². The molecule has 0 aliphatic heterocycles. The van der Waals surface area contributed by atoms with E-state index in [4.69, 9.17) is 0 Å². The van der Waals surface area contributed by atoms with Crippen molar-refractivity contribution in [1.29, 1.82) is 0 Å². The summed E-state index contributed by atoms with van der Waals surface area (Å²) in [6.45, 7) is 0. The first-order valence-corrected chi connectivity index (χ1v) is 6.32. The van der Waals surface area contributed by atoms with Crippen LogP contribution in [0, 0.1) is 0 Å². The molecule has 3 rings (SSSR count). The van der Waals surface area contributed by atoms with Gasteiger partial charge in [0.15, 0.2) is 0 Å². The number of hydrogen-bond acceptors (Lipinski definition) is 3. The molecule has 0 atom stereocenters. The fraction of sp³-hybridized carbons (Fsp3) is 0.0667. The summed E-state index contributed by atoms with van der Waals surface area (Å²) in [7, 11) is 0. The Kier molecular flexibility index (Phi) is 3.54. The van der Waals surface area contributed by atoms with E-state index in [1.807, 2.05) is 6.07 Å². The SMILES string of the molecule is FC(F)(F)Oc1ccc(-c2cncn2-c2cccnc2)cc1. The summed E-state index contributed by atoms with van der Waals surface area (Å²) in [5.74, 6) is -0.260. The molecule has 0 saturated carbocycles. The third-order valence-electron chi connectivity index (χ3n) is 2.95. The second kappa shape index (κ2) is 5.51. The highest BCUT2D eigenvalue weighted by molar-refractivity contribution is 5.62. The lowest BCUT2D eigenvalue weighted by molar-refractivity contribution is -0.274. The molecule has 0 aliphatic rings. The van der Waals surface area contributed by atoms with Gasteiger partial charge in [0.05, 0.1) is 30.1 Å². The highest BCUT2D eigenvalue weighted by Gasteiger charge is 2.31. The van der Waals surface area contributed by atoms with Gasteiger partial charge in [-0.05, 0) is 36.4 Å². The maximum atomic E-state index is 12.2. The molecule has 3 aromatic rings. The lowest BCUT2D eigenvalue weighted by atomic mass is 10.1. The van der Waals surface area contributed by atoms with Crippen LogP contribution in [0.5, 0.6) is 5.75 Å². The zero-order valence-electron chi connectivity index (χ0n) is 11.2. The van der Waals surface area contributed by atoms with E-state index in [0.717, 1.165) is 16.9 Å². The topological polar surface area (TPSA) is 39.9 Å². The Morgan fingerprint density at radius 1 is 0.955 bits per heavy atom. The molecule has 0 fully saturated rings. The number of imidazole rings is 1. The van der Waals surface area contributed by atoms with Crippen LogP contribution in [0.4, 0.5) is 13.2 Å². The summed E-state index contributed by atoms with van der Waals surface area (Å²) in [4.78, 5) is 8.12. The lowest BCUT2D eigenvalue weighted by Gasteiger charge is -2.10. The van der Waals surface area contributed by atoms with Crippen molar-refractivity contribution < 1.29 is 17.9 Å². The Morgan fingerprint density at radius 2 is 1.73 bits per heavy atom. The van der Waals surface area contributed by atoms with Crippen LogP contribution in [-0.2, 0) is 0 Å². The van der Waals surface area contributed by atoms with Crippen molar-refractivity contribution in [1.82, 2.24) is 14.5 Å². The molecular formula is C15H10F3N3O. The fourth-order valence-corrected chi connectivity index (χ4v) is 2.04. The van der Waals surface area contributed by atoms with Crippen LogP contribution in [0.1, 0.15) is 0 Å². The maximum absolute atomic E-state index is 12.2. The van der Waals surface area contributed by atoms with Crippen molar-refractivity contribution >= 4 is 0 Å². The van der Waals surface area contributed by atoms with E-state index >= 15 is 0 Å². The molecule has 0 bridgehead atoms. The van der Waals surface area contributed by atoms with E-state index < -0.39 is 6.36 Å². The molecule has 0 radical (unpaired) electrons. The van der Waals surface area contributed by atoms with Crippen LogP contribution in [0.3, 0.4) is 0 Å². The van der Waals surface area contributed by atoms with Gasteiger partial charge in [-0.2, -0.15) is 0 Å². The van der Waals surface area contributed by atoms with Gasteiger partial charge in [0.2, 0.25) is 0 Å². The van der Waals surface area contributed by atoms with E-state index in [-0.39, 0.29) is 5.75 Å². The van der Waals surface area contributed by atoms with Gasteiger partial charge in [-0.25, -0.2) is 4.98 Å². The monoisotopic (exact) mass is 305 g/mol. The Bertz CT molecular complexity index is 752. The minimum absolute atomic E-state index is 0.260. The predicted molar refractivity (Wildman–Crippen MR) is 73.5 cm³/mol. The number of ether oxygens (including phenoxy) is 1. The van der Waals surface area contributed by atoms with Crippen LogP contribution in [0.2, 0.25) is 0 Å². The van der Waals surface area contributed by atoms with Gasteiger partial charge in [0.1, 0.15) is 5.75 Å². The predicted octanol–water partition coefficient (Wildman–Crippen LogP) is 3.83. The van der Waals surface area contributed by atoms with Gasteiger partial charge in [0, 0.05) is 11.8 Å². The number of nitrogens with zero attached hydrogens (tertiary/aromatic N) is 3. The first-order valence-electron chi connectivity index (χ1n) is 6.32. The Morgan fingerprint density at radius 3 is 2.36 bits per heavy atom. The Balaban J connectivity index is 1.91. The normalized spacial score (nSPS) is 11.4. The van der Waals surface area contributed by atoms with Crippen LogP contribution >= 0.6 is 0 Å². The Hall–Kier alpha value is -2.83. The molecule has 1 aromatic carbocycles. The number of halogens is 3. The molecule has 112 valence electrons. The summed E-state index contributed by atoms with van der Waals surface area (Å²) in [5, 5.41) is 0. The van der Waals surface area contributed by atoms with Crippen LogP contribution in [0.15, 0.2) is 61.3 Å². The largest absolute Gasteiger partial charge is 0.573 e. The molecule has 0 unspecified atom stereocenters. The van der Waals surface area contributed by atoms with Crippen LogP contribution in [0.25, 0.3) is 16.9 Å². The molecule has 4 nitrogen and oxygen atoms in total. The van der Waals surface area contributed by atoms with Gasteiger partial charge < -0.3 is 4.74 Å². The number of pyridine rings is 1. The van der Waals surface area contributed by atoms with E-state index in [9.17, 15) is 13.2 Å². The van der Waals surface area contributed by atoms with Gasteiger partial charge in [-0.3, -0.25) is 9.55 Å². The number of benzene rings is 1. The summed E-state index contributed by atoms with van der Waals surface area (Å²) >= 11 is 0. The molecule has 0 saturated heterocycles. The summed E-state index contributed by atoms with van der Waals surface area (Å²) in [6, 6.07) is 9.28. The van der Waals surface area contributed by atoms with Crippen LogP contribution in [-0.4, -0.2) is 20.9 Å². The maximum Gasteiger partial charge on any atom is 0.573 e. The van der Waals surface area contributed by atoms with Gasteiger partial charge in [-0.1, -0.05) is 0 Å². The van der Waals surface area contributed by atoms with E-state index in [1.54, 1.807) is 47.7 Å². The summed E-state index contributed by atoms with van der Waals surface area (Å²) in [6.07, 6.45) is 1.88. The minimum atomic E-state index is -4.70. The molecular weight excluding hydrogens is 295 g/mol. The van der Waals surface area contributed by atoms with E-state index in [2.05, 4.69) is 14.7 Å². The first kappa shape index (κ1) is 14.1. The van der Waals surface area contributed by atoms with Crippen molar-refractivity contribution in [2.75, 3.05) is 0 Å². The third-order valence-corrected chi connectivity index (χ3v) is 2.95. The van der Waals surface area contributed by atoms with E-state index in [0.29, 0.717) is 0 Å². The summed E-state index contributed by atoms with van der Waals surface area (Å²) in [5.41, 5.74) is 2.27. The average molecular weight is 305 g/mol. The molecule has 0 amide bonds. The second-order valence-electron chi connectivity index (χ2n) is 4.43. The minimum Gasteiger partial charge on any atom is -0.406 e. The molecule has 0 N–H and O–H groups in total. The quantitative estimate of drug-likeness (QED) is 0.738. The van der Waals surface area contributed by atoms with Crippen molar-refractivity contribution in [2.24, 2.45) is 0 Å². The van der Waals surface area contributed by atoms with Crippen molar-refractivity contribution in [3.63, 3.8) is 0 Å². The van der Waals surface area contributed by atoms with Gasteiger partial charge in [-0.15, -0.1) is 13.2 Å². The fourth-order valence-electron chi connectivity index (χ4n) is 2.04. The number of rotatable bonds is 3. The zero-order chi connectivity index (χ0) is 15.6. The average Bonchev–Trinajstić information content (AvgIpc) is 2.97. The smallest absolute Gasteiger partial charge is 0.406 e. The second-order valence-corrected chi connectivity index (χ2v) is 4.43. The first-order chi connectivity index (χ1) is 10.5. The van der Waals surface area contributed by atoms with E-state index in [1.165, 1.54) is 12.1 Å². The van der Waals surface area contributed by atoms with Gasteiger partial charge >= 0.3 is 6.36 Å². The molecule has 22 heavy (non-hydrogen) atoms. The molecule has 2 aromatic heterocycles. The van der Waals surface area contributed by atoms with Crippen molar-refractivity contribution in [2.45, 2.75) is 6.36 Å². The summed E-state index contributed by atoms with van der Waals surface area (Å²) < 4.78 is 42.1. The van der Waals surface area contributed by atoms with Crippen molar-refractivity contribution in [3.8, 4) is 22.7 Å². The third kappa shape index (κ3) is 3.08. The molecule has 0 spiro atoms. The zero-order valence-corrected chi connectivity index (χ0v) is 11.2. The molecule has 0 aliphatic carbocycles. The lowest BCUT2D eigenvalue weighted by Crippen LogP contribution is -2.16. The standard InChI is InChI=1S/C15H10F3N3O/c16-15(17,18)22-13-5-3-11(4-6-13)14-9-20-10-21(14)12-2-1-7-19-8-12/h1-10H. The molecule has 2 heterocycles.